The Morgan fingerprint density at radius 3 is 2.81 bits per heavy atom. The first-order valence-corrected chi connectivity index (χ1v) is 8.58. The van der Waals surface area contributed by atoms with E-state index < -0.39 is 5.97 Å². The number of methoxy groups -OCH3 is 1. The standard InChI is InChI=1S/C21H19NO4/c1-26-14-6-7-16-17(8-9-19(23)24)20-15-5-3-2-4-13(15)10-11-22(20)21(25)18(16)12-14/h2-9,12,17,20H,10-11H2,1H3,(H,23,24)/b9-8+. The zero-order valence-electron chi connectivity index (χ0n) is 14.4. The minimum Gasteiger partial charge on any atom is -0.497 e. The molecule has 0 aliphatic carbocycles. The largest absolute Gasteiger partial charge is 0.497 e. The second kappa shape index (κ2) is 6.33. The van der Waals surface area contributed by atoms with Crippen LogP contribution >= 0.6 is 0 Å². The van der Waals surface area contributed by atoms with E-state index in [4.69, 9.17) is 9.84 Å². The van der Waals surface area contributed by atoms with Crippen molar-refractivity contribution in [3.05, 3.63) is 76.9 Å². The summed E-state index contributed by atoms with van der Waals surface area (Å²) in [6.45, 7) is 0.620. The molecule has 1 N–H and O–H groups in total. The fourth-order valence-corrected chi connectivity index (χ4v) is 4.07. The third-order valence-electron chi connectivity index (χ3n) is 5.23. The highest BCUT2D eigenvalue weighted by atomic mass is 16.5. The minimum atomic E-state index is -0.993. The van der Waals surface area contributed by atoms with Gasteiger partial charge in [0.25, 0.3) is 5.91 Å². The number of benzene rings is 2. The molecule has 2 unspecified atom stereocenters. The lowest BCUT2D eigenvalue weighted by Gasteiger charge is -2.45. The fourth-order valence-electron chi connectivity index (χ4n) is 4.07. The van der Waals surface area contributed by atoms with Crippen LogP contribution in [0.1, 0.15) is 39.0 Å². The maximum atomic E-state index is 13.1. The zero-order valence-corrected chi connectivity index (χ0v) is 14.4. The predicted molar refractivity (Wildman–Crippen MR) is 96.4 cm³/mol. The van der Waals surface area contributed by atoms with Gasteiger partial charge in [-0.25, -0.2) is 4.79 Å². The van der Waals surface area contributed by atoms with Crippen LogP contribution in [0.25, 0.3) is 0 Å². The Morgan fingerprint density at radius 2 is 2.04 bits per heavy atom. The van der Waals surface area contributed by atoms with Crippen molar-refractivity contribution >= 4 is 11.9 Å². The third-order valence-corrected chi connectivity index (χ3v) is 5.23. The van der Waals surface area contributed by atoms with Gasteiger partial charge in [0.1, 0.15) is 5.75 Å². The monoisotopic (exact) mass is 349 g/mol. The molecular formula is C21H19NO4. The van der Waals surface area contributed by atoms with Gasteiger partial charge in [-0.2, -0.15) is 0 Å². The SMILES string of the molecule is COc1ccc2c(c1)C(=O)N1CCc3ccccc3C1C2/C=C/C(=O)O. The van der Waals surface area contributed by atoms with Crippen LogP contribution in [0.15, 0.2) is 54.6 Å². The Balaban J connectivity index is 1.91. The lowest BCUT2D eigenvalue weighted by Crippen LogP contribution is -2.46. The number of nitrogens with zero attached hydrogens (tertiary/aromatic N) is 1. The second-order valence-electron chi connectivity index (χ2n) is 6.57. The van der Waals surface area contributed by atoms with E-state index in [-0.39, 0.29) is 17.9 Å². The van der Waals surface area contributed by atoms with Crippen LogP contribution in [-0.4, -0.2) is 35.5 Å². The summed E-state index contributed by atoms with van der Waals surface area (Å²) in [7, 11) is 1.57. The van der Waals surface area contributed by atoms with Gasteiger partial charge in [-0.3, -0.25) is 4.79 Å². The lowest BCUT2D eigenvalue weighted by molar-refractivity contribution is -0.131. The molecule has 0 saturated carbocycles. The molecule has 2 aromatic rings. The van der Waals surface area contributed by atoms with E-state index in [1.54, 1.807) is 19.3 Å². The number of amides is 1. The van der Waals surface area contributed by atoms with E-state index in [1.165, 1.54) is 11.6 Å². The molecule has 2 aliphatic rings. The molecule has 2 atom stereocenters. The molecule has 5 heteroatoms. The van der Waals surface area contributed by atoms with E-state index in [0.717, 1.165) is 17.5 Å². The van der Waals surface area contributed by atoms with Crippen LogP contribution in [0.5, 0.6) is 5.75 Å². The molecule has 5 nitrogen and oxygen atoms in total. The molecule has 132 valence electrons. The highest BCUT2D eigenvalue weighted by Crippen LogP contribution is 2.47. The number of carboxylic acid groups (broad SMARTS) is 1. The van der Waals surface area contributed by atoms with Gasteiger partial charge in [0, 0.05) is 24.1 Å². The molecule has 0 radical (unpaired) electrons. The number of carboxylic acids is 1. The zero-order chi connectivity index (χ0) is 18.3. The molecule has 2 aromatic carbocycles. The summed E-state index contributed by atoms with van der Waals surface area (Å²) in [4.78, 5) is 26.1. The van der Waals surface area contributed by atoms with Crippen molar-refractivity contribution in [3.8, 4) is 5.75 Å². The summed E-state index contributed by atoms with van der Waals surface area (Å²) < 4.78 is 5.27. The molecule has 2 heterocycles. The maximum Gasteiger partial charge on any atom is 0.327 e. The summed E-state index contributed by atoms with van der Waals surface area (Å²) in [6.07, 6.45) is 3.66. The summed E-state index contributed by atoms with van der Waals surface area (Å²) >= 11 is 0. The maximum absolute atomic E-state index is 13.1. The molecular weight excluding hydrogens is 330 g/mol. The number of aliphatic carboxylic acids is 1. The topological polar surface area (TPSA) is 66.8 Å². The normalized spacial score (nSPS) is 21.1. The summed E-state index contributed by atoms with van der Waals surface area (Å²) in [5.41, 5.74) is 3.73. The average molecular weight is 349 g/mol. The van der Waals surface area contributed by atoms with Crippen LogP contribution < -0.4 is 4.74 Å². The van der Waals surface area contributed by atoms with Crippen LogP contribution in [0.2, 0.25) is 0 Å². The van der Waals surface area contributed by atoms with Crippen LogP contribution in [-0.2, 0) is 11.2 Å². The van der Waals surface area contributed by atoms with Crippen molar-refractivity contribution in [1.82, 2.24) is 4.90 Å². The first kappa shape index (κ1) is 16.4. The molecule has 0 saturated heterocycles. The lowest BCUT2D eigenvalue weighted by atomic mass is 9.76. The van der Waals surface area contributed by atoms with Crippen LogP contribution in [0.4, 0.5) is 0 Å². The highest BCUT2D eigenvalue weighted by molar-refractivity contribution is 5.98. The number of fused-ring (bicyclic) bond motifs is 4. The molecule has 0 fully saturated rings. The van der Waals surface area contributed by atoms with E-state index in [2.05, 4.69) is 6.07 Å². The minimum absolute atomic E-state index is 0.0293. The molecule has 1 amide bonds. The Bertz CT molecular complexity index is 918. The quantitative estimate of drug-likeness (QED) is 0.865. The highest BCUT2D eigenvalue weighted by Gasteiger charge is 2.42. The smallest absolute Gasteiger partial charge is 0.327 e. The Morgan fingerprint density at radius 1 is 1.23 bits per heavy atom. The molecule has 0 spiro atoms. The van der Waals surface area contributed by atoms with Gasteiger partial charge >= 0.3 is 5.97 Å². The molecule has 0 bridgehead atoms. The number of carbonyl (C=O) groups is 2. The summed E-state index contributed by atoms with van der Waals surface area (Å²) in [6, 6.07) is 13.3. The molecule has 4 rings (SSSR count). The van der Waals surface area contributed by atoms with Crippen molar-refractivity contribution in [1.29, 1.82) is 0 Å². The first-order chi connectivity index (χ1) is 12.6. The number of rotatable bonds is 3. The van der Waals surface area contributed by atoms with Gasteiger partial charge in [0.2, 0.25) is 0 Å². The van der Waals surface area contributed by atoms with E-state index in [1.807, 2.05) is 35.2 Å². The van der Waals surface area contributed by atoms with Crippen molar-refractivity contribution in [2.75, 3.05) is 13.7 Å². The Hall–Kier alpha value is -3.08. The van der Waals surface area contributed by atoms with Crippen LogP contribution in [0, 0.1) is 0 Å². The van der Waals surface area contributed by atoms with Gasteiger partial charge < -0.3 is 14.7 Å². The van der Waals surface area contributed by atoms with Crippen molar-refractivity contribution in [2.24, 2.45) is 0 Å². The fraction of sp³-hybridized carbons (Fsp3) is 0.238. The van der Waals surface area contributed by atoms with Gasteiger partial charge in [-0.05, 0) is 35.2 Å². The predicted octanol–water partition coefficient (Wildman–Crippen LogP) is 3.17. The molecule has 2 aliphatic heterocycles. The van der Waals surface area contributed by atoms with Crippen LogP contribution in [0.3, 0.4) is 0 Å². The van der Waals surface area contributed by atoms with E-state index in [0.29, 0.717) is 17.9 Å². The second-order valence-corrected chi connectivity index (χ2v) is 6.57. The van der Waals surface area contributed by atoms with Crippen molar-refractivity contribution in [2.45, 2.75) is 18.4 Å². The van der Waals surface area contributed by atoms with Gasteiger partial charge in [-0.1, -0.05) is 36.4 Å². The van der Waals surface area contributed by atoms with Crippen molar-refractivity contribution < 1.29 is 19.4 Å². The number of hydrogen-bond donors (Lipinski definition) is 1. The molecule has 0 aromatic heterocycles. The van der Waals surface area contributed by atoms with E-state index in [9.17, 15) is 9.59 Å². The number of carbonyl (C=O) groups excluding carboxylic acids is 1. The Kier molecular flexibility index (Phi) is 3.99. The molecule has 26 heavy (non-hydrogen) atoms. The Labute approximate surface area is 151 Å². The number of hydrogen-bond acceptors (Lipinski definition) is 3. The summed E-state index contributed by atoms with van der Waals surface area (Å²) in [5.74, 6) is -0.619. The van der Waals surface area contributed by atoms with Gasteiger partial charge in [0.05, 0.1) is 13.2 Å². The van der Waals surface area contributed by atoms with Crippen molar-refractivity contribution in [3.63, 3.8) is 0 Å². The number of ether oxygens (including phenoxy) is 1. The summed E-state index contributed by atoms with van der Waals surface area (Å²) in [5, 5.41) is 9.13. The van der Waals surface area contributed by atoms with Gasteiger partial charge in [0.15, 0.2) is 0 Å². The average Bonchev–Trinajstić information content (AvgIpc) is 2.67. The van der Waals surface area contributed by atoms with E-state index >= 15 is 0 Å². The first-order valence-electron chi connectivity index (χ1n) is 8.58. The third kappa shape index (κ3) is 2.56. The van der Waals surface area contributed by atoms with Gasteiger partial charge in [-0.15, -0.1) is 0 Å².